The number of carbonyl (C=O) groups is 1. The second-order valence-electron chi connectivity index (χ2n) is 4.75. The maximum Gasteiger partial charge on any atom is 0.254 e. The number of hydrogen-bond acceptors (Lipinski definition) is 2. The Balaban J connectivity index is 3.03. The molecule has 3 heteroatoms. The highest BCUT2D eigenvalue weighted by molar-refractivity contribution is 5.96. The summed E-state index contributed by atoms with van der Waals surface area (Å²) in [6.07, 6.45) is 0.370. The lowest BCUT2D eigenvalue weighted by Crippen LogP contribution is -2.38. The molecule has 0 radical (unpaired) electrons. The Labute approximate surface area is 109 Å². The standard InChI is InChI=1S/C15H20N2O/c1-11(2)17(10-6-9-16)15(18)14-8-5-7-12(3)13(14)4/h5,7-8,11H,6,10H2,1-4H3. The fourth-order valence-corrected chi connectivity index (χ4v) is 1.90. The average Bonchev–Trinajstić information content (AvgIpc) is 2.32. The Morgan fingerprint density at radius 2 is 2.06 bits per heavy atom. The van der Waals surface area contributed by atoms with E-state index < -0.39 is 0 Å². The van der Waals surface area contributed by atoms with Crippen LogP contribution < -0.4 is 0 Å². The maximum absolute atomic E-state index is 12.5. The third kappa shape index (κ3) is 3.10. The Kier molecular flexibility index (Phi) is 4.91. The van der Waals surface area contributed by atoms with Crippen LogP contribution >= 0.6 is 0 Å². The Morgan fingerprint density at radius 3 is 2.61 bits per heavy atom. The molecule has 0 N–H and O–H groups in total. The van der Waals surface area contributed by atoms with E-state index in [1.807, 2.05) is 45.9 Å². The van der Waals surface area contributed by atoms with Crippen molar-refractivity contribution < 1.29 is 4.79 Å². The van der Waals surface area contributed by atoms with Crippen LogP contribution in [0.1, 0.15) is 41.8 Å². The molecule has 1 amide bonds. The number of benzene rings is 1. The molecule has 1 rings (SSSR count). The minimum Gasteiger partial charge on any atom is -0.335 e. The number of nitrogens with zero attached hydrogens (tertiary/aromatic N) is 2. The summed E-state index contributed by atoms with van der Waals surface area (Å²) in [5.41, 5.74) is 2.87. The van der Waals surface area contributed by atoms with Crippen molar-refractivity contribution in [3.63, 3.8) is 0 Å². The van der Waals surface area contributed by atoms with Gasteiger partial charge in [-0.3, -0.25) is 4.79 Å². The highest BCUT2D eigenvalue weighted by Crippen LogP contribution is 2.16. The van der Waals surface area contributed by atoms with Crippen LogP contribution in [-0.4, -0.2) is 23.4 Å². The third-order valence-corrected chi connectivity index (χ3v) is 3.18. The van der Waals surface area contributed by atoms with Gasteiger partial charge in [-0.1, -0.05) is 12.1 Å². The van der Waals surface area contributed by atoms with E-state index in [2.05, 4.69) is 6.07 Å². The number of rotatable bonds is 4. The first-order valence-corrected chi connectivity index (χ1v) is 6.23. The molecule has 0 saturated heterocycles. The van der Waals surface area contributed by atoms with E-state index >= 15 is 0 Å². The zero-order valence-electron chi connectivity index (χ0n) is 11.5. The van der Waals surface area contributed by atoms with E-state index in [1.165, 1.54) is 0 Å². The molecule has 0 unspecified atom stereocenters. The van der Waals surface area contributed by atoms with Crippen molar-refractivity contribution in [1.29, 1.82) is 5.26 Å². The molecule has 3 nitrogen and oxygen atoms in total. The monoisotopic (exact) mass is 244 g/mol. The number of aryl methyl sites for hydroxylation is 1. The number of nitriles is 1. The molecule has 0 bridgehead atoms. The topological polar surface area (TPSA) is 44.1 Å². The van der Waals surface area contributed by atoms with Crippen molar-refractivity contribution in [1.82, 2.24) is 4.90 Å². The largest absolute Gasteiger partial charge is 0.335 e. The van der Waals surface area contributed by atoms with E-state index in [9.17, 15) is 4.79 Å². The first kappa shape index (κ1) is 14.2. The second-order valence-corrected chi connectivity index (χ2v) is 4.75. The molecule has 0 aliphatic carbocycles. The molecule has 18 heavy (non-hydrogen) atoms. The van der Waals surface area contributed by atoms with E-state index in [0.29, 0.717) is 13.0 Å². The number of carbonyl (C=O) groups excluding carboxylic acids is 1. The van der Waals surface area contributed by atoms with E-state index in [1.54, 1.807) is 4.90 Å². The van der Waals surface area contributed by atoms with Crippen LogP contribution in [0.5, 0.6) is 0 Å². The minimum absolute atomic E-state index is 0.0152. The molecule has 0 saturated carbocycles. The fraction of sp³-hybridized carbons (Fsp3) is 0.467. The van der Waals surface area contributed by atoms with Gasteiger partial charge in [0.1, 0.15) is 0 Å². The summed E-state index contributed by atoms with van der Waals surface area (Å²) in [6, 6.07) is 7.95. The maximum atomic E-state index is 12.5. The molecule has 0 spiro atoms. The summed E-state index contributed by atoms with van der Waals surface area (Å²) in [5, 5.41) is 8.66. The molecule has 0 atom stereocenters. The number of hydrogen-bond donors (Lipinski definition) is 0. The van der Waals surface area contributed by atoms with Crippen LogP contribution in [0.15, 0.2) is 18.2 Å². The zero-order chi connectivity index (χ0) is 13.7. The predicted octanol–water partition coefficient (Wildman–Crippen LogP) is 3.07. The Morgan fingerprint density at radius 1 is 1.39 bits per heavy atom. The van der Waals surface area contributed by atoms with Crippen molar-refractivity contribution in [3.8, 4) is 6.07 Å². The van der Waals surface area contributed by atoms with Crippen molar-refractivity contribution in [2.75, 3.05) is 6.54 Å². The predicted molar refractivity (Wildman–Crippen MR) is 72.3 cm³/mol. The van der Waals surface area contributed by atoms with Gasteiger partial charge in [-0.2, -0.15) is 5.26 Å². The van der Waals surface area contributed by atoms with E-state index in [4.69, 9.17) is 5.26 Å². The van der Waals surface area contributed by atoms with Gasteiger partial charge in [0.25, 0.3) is 5.91 Å². The van der Waals surface area contributed by atoms with Crippen LogP contribution in [0.4, 0.5) is 0 Å². The molecule has 1 aromatic carbocycles. The van der Waals surface area contributed by atoms with Crippen LogP contribution in [0.2, 0.25) is 0 Å². The normalized spacial score (nSPS) is 10.2. The molecule has 96 valence electrons. The van der Waals surface area contributed by atoms with Gasteiger partial charge in [-0.05, 0) is 44.9 Å². The Hall–Kier alpha value is -1.82. The summed E-state index contributed by atoms with van der Waals surface area (Å²) in [6.45, 7) is 8.40. The molecular formula is C15H20N2O. The summed E-state index contributed by atoms with van der Waals surface area (Å²) in [5.74, 6) is 0.0152. The highest BCUT2D eigenvalue weighted by atomic mass is 16.2. The minimum atomic E-state index is 0.0152. The third-order valence-electron chi connectivity index (χ3n) is 3.18. The lowest BCUT2D eigenvalue weighted by atomic mass is 10.0. The van der Waals surface area contributed by atoms with Crippen LogP contribution in [0, 0.1) is 25.2 Å². The van der Waals surface area contributed by atoms with Gasteiger partial charge >= 0.3 is 0 Å². The number of amides is 1. The quantitative estimate of drug-likeness (QED) is 0.817. The van der Waals surface area contributed by atoms with Gasteiger partial charge in [0.05, 0.1) is 12.5 Å². The second kappa shape index (κ2) is 6.20. The smallest absolute Gasteiger partial charge is 0.254 e. The van der Waals surface area contributed by atoms with Crippen molar-refractivity contribution >= 4 is 5.91 Å². The molecule has 0 aliphatic rings. The van der Waals surface area contributed by atoms with Crippen LogP contribution in [0.3, 0.4) is 0 Å². The van der Waals surface area contributed by atoms with E-state index in [-0.39, 0.29) is 11.9 Å². The zero-order valence-corrected chi connectivity index (χ0v) is 11.5. The average molecular weight is 244 g/mol. The van der Waals surface area contributed by atoms with Gasteiger partial charge in [0, 0.05) is 18.2 Å². The van der Waals surface area contributed by atoms with Crippen LogP contribution in [0.25, 0.3) is 0 Å². The van der Waals surface area contributed by atoms with Crippen molar-refractivity contribution in [2.24, 2.45) is 0 Å². The van der Waals surface area contributed by atoms with E-state index in [0.717, 1.165) is 16.7 Å². The first-order chi connectivity index (χ1) is 8.49. The SMILES string of the molecule is Cc1cccc(C(=O)N(CCC#N)C(C)C)c1C. The summed E-state index contributed by atoms with van der Waals surface area (Å²) < 4.78 is 0. The van der Waals surface area contributed by atoms with Gasteiger partial charge in [-0.15, -0.1) is 0 Å². The fourth-order valence-electron chi connectivity index (χ4n) is 1.90. The van der Waals surface area contributed by atoms with Crippen molar-refractivity contribution in [2.45, 2.75) is 40.2 Å². The van der Waals surface area contributed by atoms with Gasteiger partial charge in [0.2, 0.25) is 0 Å². The molecule has 0 heterocycles. The molecular weight excluding hydrogens is 224 g/mol. The van der Waals surface area contributed by atoms with Gasteiger partial charge < -0.3 is 4.90 Å². The van der Waals surface area contributed by atoms with Crippen molar-refractivity contribution in [3.05, 3.63) is 34.9 Å². The first-order valence-electron chi connectivity index (χ1n) is 6.23. The van der Waals surface area contributed by atoms with Crippen LogP contribution in [-0.2, 0) is 0 Å². The summed E-state index contributed by atoms with van der Waals surface area (Å²) >= 11 is 0. The van der Waals surface area contributed by atoms with Gasteiger partial charge in [-0.25, -0.2) is 0 Å². The lowest BCUT2D eigenvalue weighted by molar-refractivity contribution is 0.0709. The lowest BCUT2D eigenvalue weighted by Gasteiger charge is -2.26. The summed E-state index contributed by atoms with van der Waals surface area (Å²) in [7, 11) is 0. The summed E-state index contributed by atoms with van der Waals surface area (Å²) in [4.78, 5) is 14.2. The molecule has 1 aromatic rings. The highest BCUT2D eigenvalue weighted by Gasteiger charge is 2.20. The Bertz CT molecular complexity index is 472. The molecule has 0 aromatic heterocycles. The molecule has 0 aliphatic heterocycles. The van der Waals surface area contributed by atoms with Gasteiger partial charge in [0.15, 0.2) is 0 Å². The molecule has 0 fully saturated rings.